The Kier molecular flexibility index (Phi) is 7.08. The van der Waals surface area contributed by atoms with Crippen LogP contribution in [0.4, 0.5) is 0 Å². The molecule has 0 radical (unpaired) electrons. The molecule has 6 nitrogen and oxygen atoms in total. The number of rotatable bonds is 7. The summed E-state index contributed by atoms with van der Waals surface area (Å²) < 4.78 is 5.77. The smallest absolute Gasteiger partial charge is 0.231 e. The molecule has 25 heavy (non-hydrogen) atoms. The standard InChI is InChI=1S/C18H26ClN3O3/c1-12(2)25-16-6-5-15(19)8-14(16)9-21-18(24)13-4-3-7-22(10-13)11-17(20)23/h5-6,8,12-13H,3-4,7,9-11H2,1-2H3,(H2,20,23)(H,21,24). The van der Waals surface area contributed by atoms with Gasteiger partial charge in [0.25, 0.3) is 0 Å². The lowest BCUT2D eigenvalue weighted by Gasteiger charge is -2.31. The third kappa shape index (κ3) is 6.21. The number of carbonyl (C=O) groups excluding carboxylic acids is 2. The number of primary amides is 1. The van der Waals surface area contributed by atoms with E-state index in [4.69, 9.17) is 22.1 Å². The second kappa shape index (κ2) is 9.06. The van der Waals surface area contributed by atoms with Crippen molar-refractivity contribution in [1.29, 1.82) is 0 Å². The third-order valence-corrected chi connectivity index (χ3v) is 4.33. The Morgan fingerprint density at radius 1 is 1.44 bits per heavy atom. The highest BCUT2D eigenvalue weighted by Crippen LogP contribution is 2.24. The number of ether oxygens (including phenoxy) is 1. The molecule has 0 aromatic heterocycles. The number of amides is 2. The zero-order chi connectivity index (χ0) is 18.4. The van der Waals surface area contributed by atoms with E-state index in [1.165, 1.54) is 0 Å². The highest BCUT2D eigenvalue weighted by atomic mass is 35.5. The van der Waals surface area contributed by atoms with E-state index in [0.29, 0.717) is 18.1 Å². The minimum atomic E-state index is -0.365. The number of nitrogens with two attached hydrogens (primary N) is 1. The van der Waals surface area contributed by atoms with Gasteiger partial charge in [0.2, 0.25) is 11.8 Å². The fourth-order valence-electron chi connectivity index (χ4n) is 3.02. The summed E-state index contributed by atoms with van der Waals surface area (Å²) in [5.74, 6) is 0.195. The van der Waals surface area contributed by atoms with Gasteiger partial charge in [-0.25, -0.2) is 0 Å². The predicted octanol–water partition coefficient (Wildman–Crippen LogP) is 1.94. The van der Waals surface area contributed by atoms with Crippen LogP contribution in [0.15, 0.2) is 18.2 Å². The van der Waals surface area contributed by atoms with Crippen LogP contribution >= 0.6 is 11.6 Å². The molecule has 0 bridgehead atoms. The highest BCUT2D eigenvalue weighted by Gasteiger charge is 2.26. The molecular formula is C18H26ClN3O3. The summed E-state index contributed by atoms with van der Waals surface area (Å²) in [5, 5.41) is 3.57. The molecule has 1 aliphatic rings. The van der Waals surface area contributed by atoms with Crippen molar-refractivity contribution in [2.24, 2.45) is 11.7 Å². The molecule has 2 amide bonds. The molecule has 2 rings (SSSR count). The molecule has 1 atom stereocenters. The number of piperidine rings is 1. The van der Waals surface area contributed by atoms with Gasteiger partial charge in [0.15, 0.2) is 0 Å². The van der Waals surface area contributed by atoms with E-state index in [1.54, 1.807) is 12.1 Å². The van der Waals surface area contributed by atoms with Gasteiger partial charge in [-0.1, -0.05) is 11.6 Å². The maximum absolute atomic E-state index is 12.5. The largest absolute Gasteiger partial charge is 0.491 e. The molecule has 0 aliphatic carbocycles. The van der Waals surface area contributed by atoms with Crippen molar-refractivity contribution in [1.82, 2.24) is 10.2 Å². The Hall–Kier alpha value is -1.79. The van der Waals surface area contributed by atoms with Gasteiger partial charge in [-0.15, -0.1) is 0 Å². The first-order valence-electron chi connectivity index (χ1n) is 8.58. The first-order chi connectivity index (χ1) is 11.8. The Morgan fingerprint density at radius 3 is 2.88 bits per heavy atom. The van der Waals surface area contributed by atoms with Crippen molar-refractivity contribution < 1.29 is 14.3 Å². The van der Waals surface area contributed by atoms with E-state index in [0.717, 1.165) is 30.7 Å². The Balaban J connectivity index is 1.95. The number of hydrogen-bond acceptors (Lipinski definition) is 4. The van der Waals surface area contributed by atoms with Crippen LogP contribution in [0.25, 0.3) is 0 Å². The van der Waals surface area contributed by atoms with Crippen LogP contribution in [0.3, 0.4) is 0 Å². The van der Waals surface area contributed by atoms with E-state index in [-0.39, 0.29) is 30.4 Å². The molecule has 138 valence electrons. The van der Waals surface area contributed by atoms with Gasteiger partial charge in [-0.2, -0.15) is 0 Å². The van der Waals surface area contributed by atoms with E-state index in [2.05, 4.69) is 5.32 Å². The van der Waals surface area contributed by atoms with Crippen molar-refractivity contribution in [3.63, 3.8) is 0 Å². The quantitative estimate of drug-likeness (QED) is 0.771. The van der Waals surface area contributed by atoms with E-state index >= 15 is 0 Å². The van der Waals surface area contributed by atoms with Gasteiger partial charge in [0.05, 0.1) is 18.6 Å². The summed E-state index contributed by atoms with van der Waals surface area (Å²) in [6.45, 7) is 5.81. The number of nitrogens with one attached hydrogen (secondary N) is 1. The van der Waals surface area contributed by atoms with Gasteiger partial charge in [-0.05, 0) is 51.4 Å². The molecule has 7 heteroatoms. The summed E-state index contributed by atoms with van der Waals surface area (Å²) in [6, 6.07) is 5.40. The Bertz CT molecular complexity index is 622. The van der Waals surface area contributed by atoms with Gasteiger partial charge in [0.1, 0.15) is 5.75 Å². The molecule has 3 N–H and O–H groups in total. The van der Waals surface area contributed by atoms with E-state index in [9.17, 15) is 9.59 Å². The van der Waals surface area contributed by atoms with E-state index < -0.39 is 0 Å². The number of halogens is 1. The maximum atomic E-state index is 12.5. The van der Waals surface area contributed by atoms with Crippen LogP contribution in [0, 0.1) is 5.92 Å². The normalized spacial score (nSPS) is 18.2. The summed E-state index contributed by atoms with van der Waals surface area (Å²) in [6.07, 6.45) is 1.73. The van der Waals surface area contributed by atoms with Crippen LogP contribution in [-0.4, -0.2) is 42.5 Å². The fraction of sp³-hybridized carbons (Fsp3) is 0.556. The first-order valence-corrected chi connectivity index (χ1v) is 8.96. The highest BCUT2D eigenvalue weighted by molar-refractivity contribution is 6.30. The minimum Gasteiger partial charge on any atom is -0.491 e. The molecule has 1 aromatic rings. The molecular weight excluding hydrogens is 342 g/mol. The fourth-order valence-corrected chi connectivity index (χ4v) is 3.21. The van der Waals surface area contributed by atoms with Gasteiger partial charge < -0.3 is 15.8 Å². The Labute approximate surface area is 153 Å². The summed E-state index contributed by atoms with van der Waals surface area (Å²) in [4.78, 5) is 25.5. The molecule has 1 aliphatic heterocycles. The molecule has 0 spiro atoms. The first kappa shape index (κ1) is 19.5. The number of benzene rings is 1. The van der Waals surface area contributed by atoms with Crippen LogP contribution in [0.2, 0.25) is 5.02 Å². The number of nitrogens with zero attached hydrogens (tertiary/aromatic N) is 1. The lowest BCUT2D eigenvalue weighted by molar-refractivity contribution is -0.128. The number of likely N-dealkylation sites (tertiary alicyclic amines) is 1. The molecule has 1 heterocycles. The molecule has 1 saturated heterocycles. The second-order valence-electron chi connectivity index (χ2n) is 6.68. The van der Waals surface area contributed by atoms with E-state index in [1.807, 2.05) is 24.8 Å². The summed E-state index contributed by atoms with van der Waals surface area (Å²) >= 11 is 6.07. The maximum Gasteiger partial charge on any atom is 0.231 e. The van der Waals surface area contributed by atoms with Crippen LogP contribution in [0.5, 0.6) is 5.75 Å². The Morgan fingerprint density at radius 2 is 2.20 bits per heavy atom. The topological polar surface area (TPSA) is 84.7 Å². The van der Waals surface area contributed by atoms with Gasteiger partial charge >= 0.3 is 0 Å². The number of carbonyl (C=O) groups is 2. The summed E-state index contributed by atoms with van der Waals surface area (Å²) in [7, 11) is 0. The monoisotopic (exact) mass is 367 g/mol. The van der Waals surface area contributed by atoms with Crippen molar-refractivity contribution in [2.75, 3.05) is 19.6 Å². The third-order valence-electron chi connectivity index (χ3n) is 4.09. The zero-order valence-electron chi connectivity index (χ0n) is 14.8. The zero-order valence-corrected chi connectivity index (χ0v) is 15.5. The lowest BCUT2D eigenvalue weighted by Crippen LogP contribution is -2.45. The van der Waals surface area contributed by atoms with Crippen molar-refractivity contribution in [3.8, 4) is 5.75 Å². The average Bonchev–Trinajstić information content (AvgIpc) is 2.54. The van der Waals surface area contributed by atoms with Crippen LogP contribution < -0.4 is 15.8 Å². The van der Waals surface area contributed by atoms with Crippen LogP contribution in [0.1, 0.15) is 32.3 Å². The van der Waals surface area contributed by atoms with Gasteiger partial charge in [-0.3, -0.25) is 14.5 Å². The number of hydrogen-bond donors (Lipinski definition) is 2. The molecule has 0 saturated carbocycles. The minimum absolute atomic E-state index is 0.0235. The lowest BCUT2D eigenvalue weighted by atomic mass is 9.97. The SMILES string of the molecule is CC(C)Oc1ccc(Cl)cc1CNC(=O)C1CCCN(CC(N)=O)C1. The van der Waals surface area contributed by atoms with Crippen molar-refractivity contribution >= 4 is 23.4 Å². The summed E-state index contributed by atoms with van der Waals surface area (Å²) in [5.41, 5.74) is 6.09. The van der Waals surface area contributed by atoms with Crippen LogP contribution in [-0.2, 0) is 16.1 Å². The van der Waals surface area contributed by atoms with Crippen molar-refractivity contribution in [3.05, 3.63) is 28.8 Å². The average molecular weight is 368 g/mol. The molecule has 1 fully saturated rings. The predicted molar refractivity (Wildman–Crippen MR) is 97.4 cm³/mol. The molecule has 1 unspecified atom stereocenters. The van der Waals surface area contributed by atoms with Crippen molar-refractivity contribution in [2.45, 2.75) is 39.3 Å². The van der Waals surface area contributed by atoms with Gasteiger partial charge in [0, 0.05) is 23.7 Å². The molecule has 1 aromatic carbocycles. The second-order valence-corrected chi connectivity index (χ2v) is 7.11.